The monoisotopic (exact) mass is 439 g/mol. The molecule has 3 aromatic rings. The summed E-state index contributed by atoms with van der Waals surface area (Å²) in [5.41, 5.74) is 0.741. The van der Waals surface area contributed by atoms with E-state index < -0.39 is 21.7 Å². The van der Waals surface area contributed by atoms with E-state index in [-0.39, 0.29) is 32.5 Å². The lowest BCUT2D eigenvalue weighted by atomic mass is 9.92. The molecule has 6 nitrogen and oxygen atoms in total. The Hall–Kier alpha value is -3.42. The lowest BCUT2D eigenvalue weighted by Gasteiger charge is -2.19. The molecule has 0 atom stereocenters. The van der Waals surface area contributed by atoms with Crippen molar-refractivity contribution in [2.24, 2.45) is 0 Å². The van der Waals surface area contributed by atoms with Gasteiger partial charge in [0, 0.05) is 22.9 Å². The number of halogens is 1. The average molecular weight is 440 g/mol. The van der Waals surface area contributed by atoms with E-state index in [9.17, 15) is 18.0 Å². The van der Waals surface area contributed by atoms with Gasteiger partial charge in [-0.3, -0.25) is 9.59 Å². The molecule has 150 valence electrons. The molecule has 8 heteroatoms. The Morgan fingerprint density at radius 1 is 0.767 bits per heavy atom. The van der Waals surface area contributed by atoms with Crippen molar-refractivity contribution in [2.75, 3.05) is 5.32 Å². The Labute approximate surface area is 177 Å². The summed E-state index contributed by atoms with van der Waals surface area (Å²) in [6.07, 6.45) is 0. The fraction of sp³-hybridized carbons (Fsp3) is 0. The van der Waals surface area contributed by atoms with E-state index in [2.05, 4.69) is 5.32 Å². The van der Waals surface area contributed by atoms with Crippen LogP contribution in [0.1, 0.15) is 20.7 Å². The third-order valence-electron chi connectivity index (χ3n) is 4.40. The number of ketones is 2. The van der Waals surface area contributed by atoms with E-state index in [1.165, 1.54) is 30.3 Å². The van der Waals surface area contributed by atoms with Crippen molar-refractivity contribution >= 4 is 39.0 Å². The molecule has 3 aromatic carbocycles. The van der Waals surface area contributed by atoms with Gasteiger partial charge in [0.15, 0.2) is 0 Å². The van der Waals surface area contributed by atoms with Gasteiger partial charge >= 0.3 is 10.1 Å². The molecule has 0 heterocycles. The van der Waals surface area contributed by atoms with Crippen molar-refractivity contribution in [1.29, 1.82) is 0 Å². The van der Waals surface area contributed by atoms with E-state index >= 15 is 0 Å². The zero-order valence-electron chi connectivity index (χ0n) is 15.3. The number of nitrogens with one attached hydrogen (secondary N) is 1. The lowest BCUT2D eigenvalue weighted by molar-refractivity contribution is 0.0982. The third-order valence-corrected chi connectivity index (χ3v) is 6.03. The zero-order chi connectivity index (χ0) is 21.3. The summed E-state index contributed by atoms with van der Waals surface area (Å²) in [5, 5.41) is 2.59. The number of Topliss-reactive ketones (excluding diaryl/α,β-unsaturated/α-hetero) is 2. The number of allylic oxidation sites excluding steroid dienone is 2. The number of hydrogen-bond acceptors (Lipinski definition) is 6. The molecule has 0 bridgehead atoms. The summed E-state index contributed by atoms with van der Waals surface area (Å²) in [6, 6.07) is 20.1. The summed E-state index contributed by atoms with van der Waals surface area (Å²) in [5.74, 6) is -0.859. The molecule has 0 radical (unpaired) electrons. The molecule has 0 aliphatic heterocycles. The van der Waals surface area contributed by atoms with Gasteiger partial charge < -0.3 is 9.50 Å². The minimum absolute atomic E-state index is 0.0128. The fourth-order valence-electron chi connectivity index (χ4n) is 2.99. The number of rotatable bonds is 5. The quantitative estimate of drug-likeness (QED) is 0.593. The van der Waals surface area contributed by atoms with E-state index in [1.807, 2.05) is 0 Å². The number of anilines is 1. The van der Waals surface area contributed by atoms with Gasteiger partial charge in [0.1, 0.15) is 21.4 Å². The smallest absolute Gasteiger partial charge is 0.339 e. The minimum atomic E-state index is -4.02. The van der Waals surface area contributed by atoms with Crippen molar-refractivity contribution in [3.63, 3.8) is 0 Å². The molecule has 0 saturated heterocycles. The number of fused-ring (bicyclic) bond motifs is 1. The maximum Gasteiger partial charge on any atom is 0.339 e. The lowest BCUT2D eigenvalue weighted by Crippen LogP contribution is -2.24. The molecule has 0 aromatic heterocycles. The highest BCUT2D eigenvalue weighted by molar-refractivity contribution is 7.87. The van der Waals surface area contributed by atoms with Crippen LogP contribution in [0.5, 0.6) is 5.75 Å². The van der Waals surface area contributed by atoms with Crippen LogP contribution in [0.2, 0.25) is 0 Å². The first kappa shape index (κ1) is 19.9. The van der Waals surface area contributed by atoms with Gasteiger partial charge in [-0.15, -0.1) is 0 Å². The van der Waals surface area contributed by atoms with Gasteiger partial charge in [-0.1, -0.05) is 60.1 Å². The average Bonchev–Trinajstić information content (AvgIpc) is 2.76. The van der Waals surface area contributed by atoms with Gasteiger partial charge in [0.2, 0.25) is 11.6 Å². The van der Waals surface area contributed by atoms with Gasteiger partial charge in [-0.2, -0.15) is 8.42 Å². The van der Waals surface area contributed by atoms with Gasteiger partial charge in [-0.05, 0) is 24.3 Å². The normalized spacial score (nSPS) is 13.8. The molecule has 0 fully saturated rings. The highest BCUT2D eigenvalue weighted by atomic mass is 35.5. The Morgan fingerprint density at radius 2 is 1.40 bits per heavy atom. The number of carbonyl (C=O) groups excluding carboxylic acids is 2. The van der Waals surface area contributed by atoms with Crippen LogP contribution in [0.3, 0.4) is 0 Å². The molecule has 1 aliphatic carbocycles. The highest BCUT2D eigenvalue weighted by Gasteiger charge is 2.31. The first-order chi connectivity index (χ1) is 14.4. The van der Waals surface area contributed by atoms with Crippen LogP contribution in [0.15, 0.2) is 94.5 Å². The van der Waals surface area contributed by atoms with E-state index in [1.54, 1.807) is 48.5 Å². The topological polar surface area (TPSA) is 89.5 Å². The molecule has 1 N–H and O–H groups in total. The van der Waals surface area contributed by atoms with Crippen molar-refractivity contribution in [2.45, 2.75) is 4.90 Å². The summed E-state index contributed by atoms with van der Waals surface area (Å²) in [4.78, 5) is 25.3. The Kier molecular flexibility index (Phi) is 5.15. The molecule has 4 rings (SSSR count). The molecule has 30 heavy (non-hydrogen) atoms. The van der Waals surface area contributed by atoms with Gasteiger partial charge in [0.05, 0.1) is 0 Å². The highest BCUT2D eigenvalue weighted by Crippen LogP contribution is 2.30. The van der Waals surface area contributed by atoms with E-state index in [4.69, 9.17) is 15.8 Å². The maximum atomic E-state index is 12.8. The van der Waals surface area contributed by atoms with Crippen LogP contribution in [0, 0.1) is 0 Å². The predicted octanol–water partition coefficient (Wildman–Crippen LogP) is 4.40. The number of carbonyl (C=O) groups is 2. The second-order valence-electron chi connectivity index (χ2n) is 6.40. The van der Waals surface area contributed by atoms with E-state index in [0.717, 1.165) is 0 Å². The first-order valence-corrected chi connectivity index (χ1v) is 10.6. The summed E-state index contributed by atoms with van der Waals surface area (Å²) < 4.78 is 30.0. The zero-order valence-corrected chi connectivity index (χ0v) is 16.9. The Bertz CT molecular complexity index is 1300. The molecule has 0 amide bonds. The Balaban J connectivity index is 1.62. The fourth-order valence-corrected chi connectivity index (χ4v) is 4.17. The summed E-state index contributed by atoms with van der Waals surface area (Å²) in [7, 11) is -4.02. The molecular weight excluding hydrogens is 426 g/mol. The van der Waals surface area contributed by atoms with Crippen LogP contribution in [-0.4, -0.2) is 20.0 Å². The number of hydrogen-bond donors (Lipinski definition) is 1. The standard InChI is InChI=1S/C22H14ClNO5S/c23-19-20(22(26)18-12-5-4-11-17(18)21(19)25)24-14-7-6-8-15(13-14)29-30(27,28)16-9-2-1-3-10-16/h1-13,24H. The molecule has 1 aliphatic rings. The third kappa shape index (κ3) is 3.72. The van der Waals surface area contributed by atoms with Gasteiger partial charge in [0.25, 0.3) is 0 Å². The van der Waals surface area contributed by atoms with Crippen molar-refractivity contribution in [1.82, 2.24) is 0 Å². The first-order valence-electron chi connectivity index (χ1n) is 8.81. The molecule has 0 saturated carbocycles. The summed E-state index contributed by atoms with van der Waals surface area (Å²) >= 11 is 6.15. The van der Waals surface area contributed by atoms with Crippen molar-refractivity contribution in [3.8, 4) is 5.75 Å². The minimum Gasteiger partial charge on any atom is -0.379 e. The maximum absolute atomic E-state index is 12.8. The second-order valence-corrected chi connectivity index (χ2v) is 8.32. The van der Waals surface area contributed by atoms with E-state index in [0.29, 0.717) is 5.69 Å². The van der Waals surface area contributed by atoms with Crippen molar-refractivity contribution in [3.05, 3.63) is 101 Å². The van der Waals surface area contributed by atoms with Crippen LogP contribution in [-0.2, 0) is 10.1 Å². The van der Waals surface area contributed by atoms with Crippen LogP contribution in [0.25, 0.3) is 0 Å². The summed E-state index contributed by atoms with van der Waals surface area (Å²) in [6.45, 7) is 0. The Morgan fingerprint density at radius 3 is 2.10 bits per heavy atom. The number of benzene rings is 3. The largest absolute Gasteiger partial charge is 0.379 e. The molecular formula is C22H14ClNO5S. The van der Waals surface area contributed by atoms with Crippen LogP contribution in [0.4, 0.5) is 5.69 Å². The van der Waals surface area contributed by atoms with Crippen LogP contribution < -0.4 is 9.50 Å². The van der Waals surface area contributed by atoms with Crippen LogP contribution >= 0.6 is 11.6 Å². The molecule has 0 spiro atoms. The predicted molar refractivity (Wildman–Crippen MR) is 112 cm³/mol. The van der Waals surface area contributed by atoms with Crippen molar-refractivity contribution < 1.29 is 22.2 Å². The SMILES string of the molecule is O=C1C(Cl)=C(Nc2cccc(OS(=O)(=O)c3ccccc3)c2)C(=O)c2ccccc21. The van der Waals surface area contributed by atoms with Gasteiger partial charge in [-0.25, -0.2) is 0 Å². The second kappa shape index (κ2) is 7.78. The molecule has 0 unspecified atom stereocenters.